The number of hydrogen-bond acceptors (Lipinski definition) is 5. The standard InChI is InChI=1S/C20H23NO4S/c1-2-23-13-16-5-3-15(4-6-16)12-21-20(22)14-26-17-7-8-18-19(11-17)25-10-9-24-18/h3-8,11H,2,9-10,12-14H2,1H3,(H,21,22). The van der Waals surface area contributed by atoms with Crippen molar-refractivity contribution in [3.63, 3.8) is 0 Å². The van der Waals surface area contributed by atoms with Crippen LogP contribution in [0, 0.1) is 0 Å². The van der Waals surface area contributed by atoms with Crippen molar-refractivity contribution >= 4 is 17.7 Å². The number of thioether (sulfide) groups is 1. The van der Waals surface area contributed by atoms with Gasteiger partial charge in [0.05, 0.1) is 12.4 Å². The second kappa shape index (κ2) is 9.50. The minimum Gasteiger partial charge on any atom is -0.486 e. The van der Waals surface area contributed by atoms with Crippen molar-refractivity contribution in [3.05, 3.63) is 53.6 Å². The number of rotatable bonds is 8. The van der Waals surface area contributed by atoms with Crippen LogP contribution in [0.3, 0.4) is 0 Å². The van der Waals surface area contributed by atoms with Gasteiger partial charge in [0.25, 0.3) is 0 Å². The molecule has 26 heavy (non-hydrogen) atoms. The summed E-state index contributed by atoms with van der Waals surface area (Å²) in [5.74, 6) is 1.87. The van der Waals surface area contributed by atoms with Crippen LogP contribution in [0.5, 0.6) is 11.5 Å². The van der Waals surface area contributed by atoms with E-state index in [2.05, 4.69) is 5.32 Å². The first-order chi connectivity index (χ1) is 12.7. The van der Waals surface area contributed by atoms with E-state index in [1.807, 2.05) is 49.4 Å². The second-order valence-electron chi connectivity index (χ2n) is 5.82. The maximum Gasteiger partial charge on any atom is 0.230 e. The van der Waals surface area contributed by atoms with E-state index in [1.54, 1.807) is 0 Å². The summed E-state index contributed by atoms with van der Waals surface area (Å²) in [6.07, 6.45) is 0. The Morgan fingerprint density at radius 2 is 1.81 bits per heavy atom. The predicted molar refractivity (Wildman–Crippen MR) is 102 cm³/mol. The summed E-state index contributed by atoms with van der Waals surface area (Å²) in [5, 5.41) is 2.95. The molecule has 0 saturated heterocycles. The molecule has 0 unspecified atom stereocenters. The summed E-state index contributed by atoms with van der Waals surface area (Å²) in [7, 11) is 0. The Bertz CT molecular complexity index is 733. The number of carbonyl (C=O) groups excluding carboxylic acids is 1. The molecule has 0 saturated carbocycles. The van der Waals surface area contributed by atoms with Crippen LogP contribution in [0.4, 0.5) is 0 Å². The molecule has 138 valence electrons. The maximum atomic E-state index is 12.1. The molecule has 0 aromatic heterocycles. The molecule has 1 N–H and O–H groups in total. The lowest BCUT2D eigenvalue weighted by Gasteiger charge is -2.18. The SMILES string of the molecule is CCOCc1ccc(CNC(=O)CSc2ccc3c(c2)OCCO3)cc1. The van der Waals surface area contributed by atoms with Crippen LogP contribution in [0.1, 0.15) is 18.1 Å². The first kappa shape index (κ1) is 18.6. The van der Waals surface area contributed by atoms with Gasteiger partial charge in [0.15, 0.2) is 11.5 Å². The molecule has 1 heterocycles. The summed E-state index contributed by atoms with van der Waals surface area (Å²) < 4.78 is 16.4. The summed E-state index contributed by atoms with van der Waals surface area (Å²) >= 11 is 1.48. The first-order valence-corrected chi connectivity index (χ1v) is 9.68. The molecule has 1 amide bonds. The summed E-state index contributed by atoms with van der Waals surface area (Å²) in [4.78, 5) is 13.1. The highest BCUT2D eigenvalue weighted by Gasteiger charge is 2.12. The van der Waals surface area contributed by atoms with Gasteiger partial charge in [-0.2, -0.15) is 0 Å². The Morgan fingerprint density at radius 3 is 2.58 bits per heavy atom. The van der Waals surface area contributed by atoms with E-state index in [-0.39, 0.29) is 5.91 Å². The average molecular weight is 373 g/mol. The van der Waals surface area contributed by atoms with Gasteiger partial charge >= 0.3 is 0 Å². The van der Waals surface area contributed by atoms with Crippen LogP contribution in [0.15, 0.2) is 47.4 Å². The van der Waals surface area contributed by atoms with Crippen molar-refractivity contribution in [2.45, 2.75) is 25.0 Å². The Morgan fingerprint density at radius 1 is 1.08 bits per heavy atom. The predicted octanol–water partition coefficient (Wildman–Crippen LogP) is 3.40. The molecule has 0 aliphatic carbocycles. The maximum absolute atomic E-state index is 12.1. The van der Waals surface area contributed by atoms with Crippen molar-refractivity contribution in [3.8, 4) is 11.5 Å². The van der Waals surface area contributed by atoms with E-state index >= 15 is 0 Å². The fourth-order valence-corrected chi connectivity index (χ4v) is 3.24. The summed E-state index contributed by atoms with van der Waals surface area (Å²) in [6.45, 7) is 4.97. The largest absolute Gasteiger partial charge is 0.486 e. The second-order valence-corrected chi connectivity index (χ2v) is 6.87. The van der Waals surface area contributed by atoms with Crippen LogP contribution in [0.2, 0.25) is 0 Å². The molecule has 5 nitrogen and oxygen atoms in total. The minimum atomic E-state index is 0.00304. The molecular weight excluding hydrogens is 350 g/mol. The molecule has 0 atom stereocenters. The molecule has 0 radical (unpaired) electrons. The molecule has 1 aliphatic rings. The fourth-order valence-electron chi connectivity index (χ4n) is 2.49. The van der Waals surface area contributed by atoms with Gasteiger partial charge in [0, 0.05) is 18.0 Å². The zero-order valence-corrected chi connectivity index (χ0v) is 15.6. The fraction of sp³-hybridized carbons (Fsp3) is 0.350. The zero-order chi connectivity index (χ0) is 18.2. The third-order valence-electron chi connectivity index (χ3n) is 3.87. The van der Waals surface area contributed by atoms with Crippen molar-refractivity contribution in [2.24, 2.45) is 0 Å². The lowest BCUT2D eigenvalue weighted by Crippen LogP contribution is -2.24. The van der Waals surface area contributed by atoms with Crippen molar-refractivity contribution in [2.75, 3.05) is 25.6 Å². The molecule has 1 aliphatic heterocycles. The molecule has 0 fully saturated rings. The van der Waals surface area contributed by atoms with E-state index in [1.165, 1.54) is 11.8 Å². The molecule has 2 aromatic rings. The average Bonchev–Trinajstić information content (AvgIpc) is 2.69. The first-order valence-electron chi connectivity index (χ1n) is 8.69. The Balaban J connectivity index is 1.43. The van der Waals surface area contributed by atoms with Crippen LogP contribution in [-0.2, 0) is 22.7 Å². The lowest BCUT2D eigenvalue weighted by atomic mass is 10.1. The number of carbonyl (C=O) groups is 1. The van der Waals surface area contributed by atoms with Gasteiger partial charge in [-0.25, -0.2) is 0 Å². The molecular formula is C20H23NO4S. The van der Waals surface area contributed by atoms with Crippen LogP contribution in [-0.4, -0.2) is 31.5 Å². The van der Waals surface area contributed by atoms with Crippen LogP contribution >= 0.6 is 11.8 Å². The number of amides is 1. The van der Waals surface area contributed by atoms with Crippen molar-refractivity contribution in [1.29, 1.82) is 0 Å². The van der Waals surface area contributed by atoms with E-state index in [9.17, 15) is 4.79 Å². The molecule has 2 aromatic carbocycles. The molecule has 0 bridgehead atoms. The van der Waals surface area contributed by atoms with Gasteiger partial charge < -0.3 is 19.5 Å². The van der Waals surface area contributed by atoms with Gasteiger partial charge in [0.1, 0.15) is 13.2 Å². The third-order valence-corrected chi connectivity index (χ3v) is 4.86. The number of hydrogen-bond donors (Lipinski definition) is 1. The highest BCUT2D eigenvalue weighted by Crippen LogP contribution is 2.34. The third kappa shape index (κ3) is 5.41. The number of benzene rings is 2. The molecule has 6 heteroatoms. The monoisotopic (exact) mass is 373 g/mol. The van der Waals surface area contributed by atoms with Crippen LogP contribution in [0.25, 0.3) is 0 Å². The highest BCUT2D eigenvalue weighted by atomic mass is 32.2. The van der Waals surface area contributed by atoms with Gasteiger partial charge in [-0.15, -0.1) is 11.8 Å². The van der Waals surface area contributed by atoms with Crippen molar-refractivity contribution in [1.82, 2.24) is 5.32 Å². The van der Waals surface area contributed by atoms with Gasteiger partial charge in [-0.3, -0.25) is 4.79 Å². The number of fused-ring (bicyclic) bond motifs is 1. The Labute approximate surface area is 158 Å². The summed E-state index contributed by atoms with van der Waals surface area (Å²) in [5.41, 5.74) is 2.21. The zero-order valence-electron chi connectivity index (χ0n) is 14.8. The topological polar surface area (TPSA) is 56.8 Å². The Kier molecular flexibility index (Phi) is 6.80. The van der Waals surface area contributed by atoms with E-state index in [0.29, 0.717) is 38.7 Å². The van der Waals surface area contributed by atoms with Gasteiger partial charge in [-0.05, 0) is 36.2 Å². The smallest absolute Gasteiger partial charge is 0.230 e. The van der Waals surface area contributed by atoms with Gasteiger partial charge in [-0.1, -0.05) is 24.3 Å². The highest BCUT2D eigenvalue weighted by molar-refractivity contribution is 8.00. The van der Waals surface area contributed by atoms with E-state index < -0.39 is 0 Å². The molecule has 3 rings (SSSR count). The normalized spacial score (nSPS) is 12.7. The van der Waals surface area contributed by atoms with E-state index in [4.69, 9.17) is 14.2 Å². The molecule has 0 spiro atoms. The summed E-state index contributed by atoms with van der Waals surface area (Å²) in [6, 6.07) is 13.8. The number of ether oxygens (including phenoxy) is 3. The quantitative estimate of drug-likeness (QED) is 0.719. The van der Waals surface area contributed by atoms with E-state index in [0.717, 1.165) is 27.5 Å². The number of nitrogens with one attached hydrogen (secondary N) is 1. The lowest BCUT2D eigenvalue weighted by molar-refractivity contribution is -0.118. The minimum absolute atomic E-state index is 0.00304. The Hall–Kier alpha value is -2.18. The van der Waals surface area contributed by atoms with Gasteiger partial charge in [0.2, 0.25) is 5.91 Å². The van der Waals surface area contributed by atoms with Crippen molar-refractivity contribution < 1.29 is 19.0 Å². The van der Waals surface area contributed by atoms with Crippen LogP contribution < -0.4 is 14.8 Å².